The monoisotopic (exact) mass is 197 g/mol. The fraction of sp³-hybridized carbons (Fsp3) is 0.0714. The molecule has 0 spiro atoms. The Morgan fingerprint density at radius 1 is 0.800 bits per heavy atom. The fourth-order valence-corrected chi connectivity index (χ4v) is 1.40. The highest BCUT2D eigenvalue weighted by atomic mass is 16.5. The van der Waals surface area contributed by atoms with Gasteiger partial charge in [0.15, 0.2) is 6.10 Å². The Labute approximate surface area is 90.3 Å². The summed E-state index contributed by atoms with van der Waals surface area (Å²) < 4.78 is 5.72. The largest absolute Gasteiger partial charge is 0.478 e. The molecular weight excluding hydrogens is 184 g/mol. The lowest BCUT2D eigenvalue weighted by Gasteiger charge is -2.12. The molecule has 0 N–H and O–H groups in total. The molecule has 0 aliphatic heterocycles. The van der Waals surface area contributed by atoms with Crippen molar-refractivity contribution in [2.24, 2.45) is 0 Å². The van der Waals surface area contributed by atoms with Gasteiger partial charge in [-0.2, -0.15) is 0 Å². The molecule has 0 heterocycles. The second-order valence-electron chi connectivity index (χ2n) is 3.34. The third-order valence-corrected chi connectivity index (χ3v) is 2.19. The van der Waals surface area contributed by atoms with E-state index in [1.54, 1.807) is 0 Å². The zero-order valence-electron chi connectivity index (χ0n) is 8.68. The first-order valence-corrected chi connectivity index (χ1v) is 4.98. The van der Waals surface area contributed by atoms with E-state index in [0.717, 1.165) is 17.4 Å². The predicted molar refractivity (Wildman–Crippen MR) is 61.5 cm³/mol. The second-order valence-corrected chi connectivity index (χ2v) is 3.34. The van der Waals surface area contributed by atoms with Gasteiger partial charge in [0.25, 0.3) is 0 Å². The van der Waals surface area contributed by atoms with E-state index in [1.165, 1.54) is 0 Å². The smallest absolute Gasteiger partial charge is 0.174 e. The summed E-state index contributed by atoms with van der Waals surface area (Å²) in [5.41, 5.74) is 1.11. The van der Waals surface area contributed by atoms with Gasteiger partial charge < -0.3 is 4.74 Å². The molecule has 2 aromatic carbocycles. The molecule has 1 nitrogen and oxygen atoms in total. The van der Waals surface area contributed by atoms with Crippen LogP contribution in [-0.4, -0.2) is 0 Å². The van der Waals surface area contributed by atoms with Gasteiger partial charge in [-0.15, -0.1) is 0 Å². The summed E-state index contributed by atoms with van der Waals surface area (Å²) in [6, 6.07) is 19.9. The Hall–Kier alpha value is -1.76. The topological polar surface area (TPSA) is 9.23 Å². The molecule has 0 aromatic heterocycles. The standard InChI is InChI=1S/C14H13O/c1-12(13-8-4-2-5-9-13)15-14-10-6-3-7-11-14/h2-11H,1H3. The molecule has 0 fully saturated rings. The van der Waals surface area contributed by atoms with Crippen molar-refractivity contribution in [3.05, 3.63) is 72.3 Å². The van der Waals surface area contributed by atoms with Gasteiger partial charge in [-0.05, 0) is 24.6 Å². The van der Waals surface area contributed by atoms with E-state index in [4.69, 9.17) is 4.74 Å². The molecular formula is C14H13O. The Balaban J connectivity index is 2.08. The molecule has 1 heteroatoms. The van der Waals surface area contributed by atoms with E-state index in [1.807, 2.05) is 67.6 Å². The summed E-state index contributed by atoms with van der Waals surface area (Å²) in [5, 5.41) is 0. The van der Waals surface area contributed by atoms with Crippen LogP contribution in [0.15, 0.2) is 60.7 Å². The molecule has 1 radical (unpaired) electrons. The molecule has 0 amide bonds. The maximum absolute atomic E-state index is 5.72. The molecule has 0 bridgehead atoms. The van der Waals surface area contributed by atoms with Gasteiger partial charge in [0.1, 0.15) is 5.75 Å². The number of para-hydroxylation sites is 1. The van der Waals surface area contributed by atoms with E-state index in [9.17, 15) is 0 Å². The summed E-state index contributed by atoms with van der Waals surface area (Å²) in [4.78, 5) is 0. The minimum absolute atomic E-state index is 0.874. The Kier molecular flexibility index (Phi) is 3.03. The lowest BCUT2D eigenvalue weighted by molar-refractivity contribution is 0.360. The number of rotatable bonds is 3. The SMILES string of the molecule is C[C](Oc1ccccc1)c1ccccc1. The zero-order chi connectivity index (χ0) is 10.5. The number of hydrogen-bond acceptors (Lipinski definition) is 1. The van der Waals surface area contributed by atoms with Crippen LogP contribution >= 0.6 is 0 Å². The maximum atomic E-state index is 5.72. The third-order valence-electron chi connectivity index (χ3n) is 2.19. The van der Waals surface area contributed by atoms with E-state index in [2.05, 4.69) is 0 Å². The molecule has 2 aromatic rings. The van der Waals surface area contributed by atoms with Gasteiger partial charge in [0, 0.05) is 0 Å². The summed E-state index contributed by atoms with van der Waals surface area (Å²) >= 11 is 0. The maximum Gasteiger partial charge on any atom is 0.174 e. The minimum atomic E-state index is 0.874. The van der Waals surface area contributed by atoms with Gasteiger partial charge in [0.2, 0.25) is 0 Å². The summed E-state index contributed by atoms with van der Waals surface area (Å²) in [6.45, 7) is 1.97. The first-order valence-electron chi connectivity index (χ1n) is 4.98. The van der Waals surface area contributed by atoms with Crippen LogP contribution in [0.5, 0.6) is 5.75 Å². The first-order chi connectivity index (χ1) is 7.36. The first kappa shape index (κ1) is 9.78. The van der Waals surface area contributed by atoms with Crippen LogP contribution in [0, 0.1) is 6.10 Å². The molecule has 0 aliphatic rings. The van der Waals surface area contributed by atoms with E-state index >= 15 is 0 Å². The van der Waals surface area contributed by atoms with Gasteiger partial charge in [-0.3, -0.25) is 0 Å². The van der Waals surface area contributed by atoms with Crippen molar-refractivity contribution in [2.75, 3.05) is 0 Å². The Bertz CT molecular complexity index is 394. The van der Waals surface area contributed by atoms with Crippen LogP contribution in [0.1, 0.15) is 12.5 Å². The molecule has 0 saturated carbocycles. The Morgan fingerprint density at radius 2 is 1.33 bits per heavy atom. The lowest BCUT2D eigenvalue weighted by atomic mass is 10.1. The van der Waals surface area contributed by atoms with E-state index in [0.29, 0.717) is 0 Å². The van der Waals surface area contributed by atoms with Gasteiger partial charge in [-0.1, -0.05) is 48.5 Å². The van der Waals surface area contributed by atoms with Gasteiger partial charge in [0.05, 0.1) is 0 Å². The summed E-state index contributed by atoms with van der Waals surface area (Å²) in [6.07, 6.45) is 0.918. The molecule has 0 atom stereocenters. The molecule has 0 unspecified atom stereocenters. The van der Waals surface area contributed by atoms with Crippen molar-refractivity contribution < 1.29 is 4.74 Å². The average molecular weight is 197 g/mol. The second kappa shape index (κ2) is 4.65. The molecule has 75 valence electrons. The highest BCUT2D eigenvalue weighted by Gasteiger charge is 2.07. The van der Waals surface area contributed by atoms with Crippen LogP contribution in [0.4, 0.5) is 0 Å². The van der Waals surface area contributed by atoms with E-state index < -0.39 is 0 Å². The quantitative estimate of drug-likeness (QED) is 0.729. The normalized spacial score (nSPS) is 10.3. The van der Waals surface area contributed by atoms with Gasteiger partial charge in [-0.25, -0.2) is 0 Å². The Morgan fingerprint density at radius 3 is 1.93 bits per heavy atom. The highest BCUT2D eigenvalue weighted by molar-refractivity contribution is 5.30. The summed E-state index contributed by atoms with van der Waals surface area (Å²) in [5.74, 6) is 0.874. The molecule has 15 heavy (non-hydrogen) atoms. The number of benzene rings is 2. The van der Waals surface area contributed by atoms with Crippen LogP contribution in [0.3, 0.4) is 0 Å². The van der Waals surface area contributed by atoms with Crippen molar-refractivity contribution in [2.45, 2.75) is 6.92 Å². The van der Waals surface area contributed by atoms with Crippen molar-refractivity contribution >= 4 is 0 Å². The number of hydrogen-bond donors (Lipinski definition) is 0. The van der Waals surface area contributed by atoms with Crippen LogP contribution < -0.4 is 4.74 Å². The number of ether oxygens (including phenoxy) is 1. The van der Waals surface area contributed by atoms with Gasteiger partial charge >= 0.3 is 0 Å². The molecule has 0 saturated heterocycles. The molecule has 2 rings (SSSR count). The average Bonchev–Trinajstić information content (AvgIpc) is 2.31. The predicted octanol–water partition coefficient (Wildman–Crippen LogP) is 3.67. The van der Waals surface area contributed by atoms with Crippen molar-refractivity contribution in [1.29, 1.82) is 0 Å². The third kappa shape index (κ3) is 2.59. The van der Waals surface area contributed by atoms with Crippen molar-refractivity contribution in [3.8, 4) is 5.75 Å². The van der Waals surface area contributed by atoms with Crippen molar-refractivity contribution in [3.63, 3.8) is 0 Å². The van der Waals surface area contributed by atoms with Crippen LogP contribution in [-0.2, 0) is 0 Å². The van der Waals surface area contributed by atoms with Crippen LogP contribution in [0.2, 0.25) is 0 Å². The van der Waals surface area contributed by atoms with E-state index in [-0.39, 0.29) is 0 Å². The summed E-state index contributed by atoms with van der Waals surface area (Å²) in [7, 11) is 0. The minimum Gasteiger partial charge on any atom is -0.478 e. The van der Waals surface area contributed by atoms with Crippen LogP contribution in [0.25, 0.3) is 0 Å². The zero-order valence-corrected chi connectivity index (χ0v) is 8.68. The lowest BCUT2D eigenvalue weighted by Crippen LogP contribution is -2.03. The fourth-order valence-electron chi connectivity index (χ4n) is 1.40. The molecule has 0 aliphatic carbocycles. The highest BCUT2D eigenvalue weighted by Crippen LogP contribution is 2.19. The van der Waals surface area contributed by atoms with Crippen molar-refractivity contribution in [1.82, 2.24) is 0 Å².